The number of rotatable bonds is 3. The second-order valence-corrected chi connectivity index (χ2v) is 11.7. The van der Waals surface area contributed by atoms with Crippen molar-refractivity contribution in [3.8, 4) is 0 Å². The van der Waals surface area contributed by atoms with Crippen molar-refractivity contribution in [3.05, 3.63) is 47.3 Å². The molecule has 1 saturated heterocycles. The number of nitrogens with zero attached hydrogens (tertiary/aromatic N) is 3. The van der Waals surface area contributed by atoms with Gasteiger partial charge in [0.25, 0.3) is 0 Å². The molecule has 0 bridgehead atoms. The molecule has 1 spiro atoms. The Morgan fingerprint density at radius 1 is 1.23 bits per heavy atom. The van der Waals surface area contributed by atoms with Gasteiger partial charge in [-0.1, -0.05) is 29.3 Å². The summed E-state index contributed by atoms with van der Waals surface area (Å²) in [5.41, 5.74) is 3.59. The molecule has 0 amide bonds. The number of hydrogen-bond acceptors (Lipinski definition) is 5. The molecule has 2 heterocycles. The summed E-state index contributed by atoms with van der Waals surface area (Å²) in [4.78, 5) is 11.3. The van der Waals surface area contributed by atoms with Crippen molar-refractivity contribution >= 4 is 29.4 Å². The van der Waals surface area contributed by atoms with Gasteiger partial charge in [-0.3, -0.25) is 4.98 Å². The summed E-state index contributed by atoms with van der Waals surface area (Å²) in [5.74, 6) is 0.907. The van der Waals surface area contributed by atoms with E-state index in [0.29, 0.717) is 5.03 Å². The van der Waals surface area contributed by atoms with Crippen LogP contribution in [0.2, 0.25) is 0 Å². The first kappa shape index (κ1) is 24.1. The van der Waals surface area contributed by atoms with Crippen molar-refractivity contribution in [2.24, 2.45) is 5.41 Å². The Bertz CT molecular complexity index is 939. The van der Waals surface area contributed by atoms with Gasteiger partial charge in [0.05, 0.1) is 28.0 Å². The second-order valence-electron chi connectivity index (χ2n) is 9.28. The molecule has 30 heavy (non-hydrogen) atoms. The topological polar surface area (TPSA) is 58.1 Å². The Morgan fingerprint density at radius 2 is 1.90 bits per heavy atom. The van der Waals surface area contributed by atoms with Crippen molar-refractivity contribution in [2.75, 3.05) is 18.0 Å². The molecule has 2 atom stereocenters. The molecule has 156 valence electrons. The average molecular weight is 453 g/mol. The molecule has 0 saturated carbocycles. The maximum Gasteiger partial charge on any atom is 1.00 e. The smallest absolute Gasteiger partial charge is 0.758 e. The van der Waals surface area contributed by atoms with Crippen LogP contribution in [0.5, 0.6) is 0 Å². The van der Waals surface area contributed by atoms with E-state index in [1.54, 1.807) is 6.20 Å². The molecule has 0 radical (unpaired) electrons. The van der Waals surface area contributed by atoms with Crippen LogP contribution in [-0.4, -0.2) is 32.0 Å². The predicted molar refractivity (Wildman–Crippen MR) is 120 cm³/mol. The standard InChI is InChI=1S/C22H30N4OS2.Na/c1-15-20(28)23-14-18(24-15)26-11-9-22(10-12-26)13-16-7-5-6-8-17(16)19(22)25-29(27)21(2,3)4;/h5-8,14,19,25H,9-13H2,1-4H3,(H,23,28);/q;+1/p-1/t19-,29-;/m1./s1. The van der Waals surface area contributed by atoms with Crippen LogP contribution in [0.25, 0.3) is 0 Å². The minimum absolute atomic E-state index is 0. The van der Waals surface area contributed by atoms with Gasteiger partial charge in [0.2, 0.25) is 0 Å². The molecule has 5 nitrogen and oxygen atoms in total. The van der Waals surface area contributed by atoms with Crippen LogP contribution < -0.4 is 39.2 Å². The van der Waals surface area contributed by atoms with Crippen molar-refractivity contribution in [2.45, 2.75) is 62.8 Å². The van der Waals surface area contributed by atoms with Crippen LogP contribution in [-0.2, 0) is 30.0 Å². The van der Waals surface area contributed by atoms with Crippen LogP contribution in [0.1, 0.15) is 56.5 Å². The monoisotopic (exact) mass is 452 g/mol. The summed E-state index contributed by atoms with van der Waals surface area (Å²) >= 11 is 5.19. The van der Waals surface area contributed by atoms with Crippen LogP contribution in [0.15, 0.2) is 35.5 Å². The summed E-state index contributed by atoms with van der Waals surface area (Å²) in [6.45, 7) is 9.82. The fourth-order valence-electron chi connectivity index (χ4n) is 4.52. The van der Waals surface area contributed by atoms with E-state index < -0.39 is 11.0 Å². The van der Waals surface area contributed by atoms with E-state index >= 15 is 0 Å². The number of hydrogen-bond donors (Lipinski definition) is 1. The molecular weight excluding hydrogens is 423 g/mol. The Hall–Kier alpha value is -0.570. The van der Waals surface area contributed by atoms with Gasteiger partial charge in [-0.25, -0.2) is 13.9 Å². The van der Waals surface area contributed by atoms with Crippen molar-refractivity contribution in [3.63, 3.8) is 0 Å². The molecule has 0 unspecified atom stereocenters. The van der Waals surface area contributed by atoms with Gasteiger partial charge in [-0.2, -0.15) is 0 Å². The summed E-state index contributed by atoms with van der Waals surface area (Å²) in [6.07, 6.45) is 4.88. The number of benzene rings is 1. The molecule has 8 heteroatoms. The first-order valence-electron chi connectivity index (χ1n) is 10.2. The predicted octanol–water partition coefficient (Wildman–Crippen LogP) is 0.631. The minimum atomic E-state index is -1.11. The molecule has 2 aliphatic rings. The first-order chi connectivity index (χ1) is 13.7. The summed E-state index contributed by atoms with van der Waals surface area (Å²) in [5, 5.41) is 0.572. The summed E-state index contributed by atoms with van der Waals surface area (Å²) in [6, 6.07) is 8.74. The zero-order valence-corrected chi connectivity index (χ0v) is 22.2. The molecule has 4 rings (SSSR count). The maximum absolute atomic E-state index is 13.0. The number of fused-ring (bicyclic) bond motifs is 1. The third-order valence-corrected chi connectivity index (χ3v) is 8.24. The van der Waals surface area contributed by atoms with Gasteiger partial charge in [0.1, 0.15) is 5.82 Å². The normalized spacial score (nSPS) is 21.2. The number of aromatic nitrogens is 2. The van der Waals surface area contributed by atoms with Crippen LogP contribution in [0.4, 0.5) is 5.82 Å². The fraction of sp³-hybridized carbons (Fsp3) is 0.545. The molecule has 1 aromatic carbocycles. The van der Waals surface area contributed by atoms with Crippen molar-refractivity contribution in [1.82, 2.24) is 14.7 Å². The molecule has 1 aromatic heterocycles. The quantitative estimate of drug-likeness (QED) is 0.547. The van der Waals surface area contributed by atoms with Crippen LogP contribution in [0.3, 0.4) is 0 Å². The minimum Gasteiger partial charge on any atom is -0.758 e. The number of piperidine rings is 1. The fourth-order valence-corrected chi connectivity index (χ4v) is 5.56. The van der Waals surface area contributed by atoms with E-state index in [1.165, 1.54) is 11.1 Å². The van der Waals surface area contributed by atoms with Gasteiger partial charge < -0.3 is 17.5 Å². The molecule has 1 aliphatic heterocycles. The van der Waals surface area contributed by atoms with E-state index in [2.05, 4.69) is 43.9 Å². The van der Waals surface area contributed by atoms with Gasteiger partial charge in [0.15, 0.2) is 0 Å². The van der Waals surface area contributed by atoms with Gasteiger partial charge in [0, 0.05) is 18.8 Å². The zero-order chi connectivity index (χ0) is 20.8. The van der Waals surface area contributed by atoms with E-state index in [4.69, 9.17) is 12.6 Å². The Balaban J connectivity index is 0.00000256. The number of nitrogens with one attached hydrogen (secondary N) is 1. The average Bonchev–Trinajstić information content (AvgIpc) is 2.97. The van der Waals surface area contributed by atoms with Crippen LogP contribution >= 0.6 is 0 Å². The van der Waals surface area contributed by atoms with E-state index in [-0.39, 0.29) is 45.8 Å². The molecular formula is C22H29N4NaOS2. The second kappa shape index (κ2) is 9.12. The van der Waals surface area contributed by atoms with Gasteiger partial charge in [-0.15, -0.1) is 0 Å². The molecule has 1 fully saturated rings. The van der Waals surface area contributed by atoms with E-state index in [0.717, 1.165) is 43.9 Å². The zero-order valence-electron chi connectivity index (χ0n) is 18.6. The van der Waals surface area contributed by atoms with E-state index in [9.17, 15) is 4.21 Å². The summed E-state index contributed by atoms with van der Waals surface area (Å²) in [7, 11) is -1.11. The Kier molecular flexibility index (Phi) is 7.32. The third-order valence-electron chi connectivity index (χ3n) is 6.27. The Labute approximate surface area is 210 Å². The van der Waals surface area contributed by atoms with Gasteiger partial charge in [-0.05, 0) is 63.5 Å². The van der Waals surface area contributed by atoms with Crippen molar-refractivity contribution < 1.29 is 33.8 Å². The summed E-state index contributed by atoms with van der Waals surface area (Å²) < 4.78 is 16.2. The largest absolute Gasteiger partial charge is 1.00 e. The molecule has 1 N–H and O–H groups in total. The first-order valence-corrected chi connectivity index (χ1v) is 11.8. The number of anilines is 1. The maximum atomic E-state index is 13.0. The third kappa shape index (κ3) is 4.62. The van der Waals surface area contributed by atoms with Gasteiger partial charge >= 0.3 is 29.6 Å². The SMILES string of the molecule is Cc1nc(N2CCC3(CC2)Cc2ccccc2[C@H]3N[S@](=O)C(C)(C)C)cnc1[S-].[Na+]. The van der Waals surface area contributed by atoms with Crippen molar-refractivity contribution in [1.29, 1.82) is 0 Å². The molecule has 2 aromatic rings. The van der Waals surface area contributed by atoms with E-state index in [1.807, 2.05) is 27.7 Å². The number of aryl methyl sites for hydroxylation is 1. The Morgan fingerprint density at radius 3 is 2.53 bits per heavy atom. The van der Waals surface area contributed by atoms with Crippen LogP contribution in [0, 0.1) is 12.3 Å². The molecule has 1 aliphatic carbocycles.